The second-order valence-corrected chi connectivity index (χ2v) is 8.73. The number of ether oxygens (including phenoxy) is 1. The third kappa shape index (κ3) is 17.8. The van der Waals surface area contributed by atoms with E-state index in [2.05, 4.69) is 20.8 Å². The van der Waals surface area contributed by atoms with Gasteiger partial charge in [-0.25, -0.2) is 4.79 Å². The number of nitrogens with zero attached hydrogens (tertiary/aromatic N) is 1. The molecule has 178 valence electrons. The highest BCUT2D eigenvalue weighted by Crippen LogP contribution is 2.13. The largest absolute Gasteiger partial charge is 0.459 e. The van der Waals surface area contributed by atoms with Crippen molar-refractivity contribution in [2.45, 2.75) is 136 Å². The quantitative estimate of drug-likeness (QED) is 0.109. The zero-order valence-corrected chi connectivity index (χ0v) is 20.5. The van der Waals surface area contributed by atoms with E-state index in [9.17, 15) is 9.59 Å². The second-order valence-electron chi connectivity index (χ2n) is 8.73. The summed E-state index contributed by atoms with van der Waals surface area (Å²) in [6.45, 7) is 8.14. The van der Waals surface area contributed by atoms with Crippen molar-refractivity contribution in [2.75, 3.05) is 19.7 Å². The Morgan fingerprint density at radius 3 is 1.30 bits per heavy atom. The number of hydrogen-bond acceptors (Lipinski definition) is 3. The van der Waals surface area contributed by atoms with E-state index >= 15 is 0 Å². The lowest BCUT2D eigenvalue weighted by atomic mass is 10.0. The predicted molar refractivity (Wildman–Crippen MR) is 128 cm³/mol. The normalized spacial score (nSPS) is 10.9. The van der Waals surface area contributed by atoms with Crippen LogP contribution in [0, 0.1) is 0 Å². The van der Waals surface area contributed by atoms with E-state index in [1.165, 1.54) is 77.0 Å². The van der Waals surface area contributed by atoms with E-state index < -0.39 is 11.9 Å². The summed E-state index contributed by atoms with van der Waals surface area (Å²) < 4.78 is 5.22. The van der Waals surface area contributed by atoms with Crippen LogP contribution in [-0.2, 0) is 14.3 Å². The fourth-order valence-electron chi connectivity index (χ4n) is 3.67. The zero-order valence-electron chi connectivity index (χ0n) is 20.5. The van der Waals surface area contributed by atoms with Crippen LogP contribution < -0.4 is 0 Å². The Morgan fingerprint density at radius 1 is 0.533 bits per heavy atom. The van der Waals surface area contributed by atoms with Crippen LogP contribution in [0.5, 0.6) is 0 Å². The molecule has 0 heterocycles. The summed E-state index contributed by atoms with van der Waals surface area (Å²) in [4.78, 5) is 26.0. The molecule has 0 bridgehead atoms. The summed E-state index contributed by atoms with van der Waals surface area (Å²) in [5.74, 6) is -1.13. The summed E-state index contributed by atoms with van der Waals surface area (Å²) in [6, 6.07) is 0. The summed E-state index contributed by atoms with van der Waals surface area (Å²) in [5, 5.41) is 0. The molecule has 0 aliphatic carbocycles. The molecule has 0 aromatic heterocycles. The van der Waals surface area contributed by atoms with E-state index in [0.717, 1.165) is 38.5 Å². The van der Waals surface area contributed by atoms with Crippen LogP contribution in [0.15, 0.2) is 0 Å². The standard InChI is InChI=1S/C26H51NO3/c1-4-7-10-11-12-13-14-15-16-17-18-19-20-21-24-30-26(29)25(28)27(22-8-5-2)23-9-6-3/h4-24H2,1-3H3. The summed E-state index contributed by atoms with van der Waals surface area (Å²) in [5.41, 5.74) is 0. The van der Waals surface area contributed by atoms with Crippen molar-refractivity contribution in [3.63, 3.8) is 0 Å². The van der Waals surface area contributed by atoms with Crippen molar-refractivity contribution in [3.8, 4) is 0 Å². The Hall–Kier alpha value is -1.06. The summed E-state index contributed by atoms with van der Waals surface area (Å²) in [6.07, 6.45) is 22.1. The van der Waals surface area contributed by atoms with Crippen molar-refractivity contribution in [1.82, 2.24) is 4.90 Å². The SMILES string of the molecule is CCCCCCCCCCCCCCCCOC(=O)C(=O)N(CCCC)CCCC. The fraction of sp³-hybridized carbons (Fsp3) is 0.923. The molecule has 0 aromatic rings. The van der Waals surface area contributed by atoms with Gasteiger partial charge in [0.05, 0.1) is 6.61 Å². The number of unbranched alkanes of at least 4 members (excludes halogenated alkanes) is 15. The van der Waals surface area contributed by atoms with Crippen molar-refractivity contribution in [1.29, 1.82) is 0 Å². The monoisotopic (exact) mass is 425 g/mol. The van der Waals surface area contributed by atoms with Gasteiger partial charge in [0.15, 0.2) is 0 Å². The summed E-state index contributed by atoms with van der Waals surface area (Å²) in [7, 11) is 0. The van der Waals surface area contributed by atoms with Crippen LogP contribution in [0.3, 0.4) is 0 Å². The fourth-order valence-corrected chi connectivity index (χ4v) is 3.67. The van der Waals surface area contributed by atoms with Gasteiger partial charge >= 0.3 is 11.9 Å². The Balaban J connectivity index is 3.57. The maximum atomic E-state index is 12.3. The van der Waals surface area contributed by atoms with Gasteiger partial charge in [-0.05, 0) is 19.3 Å². The second kappa shape index (κ2) is 22.6. The predicted octanol–water partition coefficient (Wildman–Crippen LogP) is 7.44. The van der Waals surface area contributed by atoms with Crippen LogP contribution in [0.4, 0.5) is 0 Å². The molecule has 30 heavy (non-hydrogen) atoms. The maximum absolute atomic E-state index is 12.3. The molecular weight excluding hydrogens is 374 g/mol. The minimum absolute atomic E-state index is 0.373. The molecule has 4 heteroatoms. The number of rotatable bonds is 21. The number of esters is 1. The van der Waals surface area contributed by atoms with Gasteiger partial charge in [-0.2, -0.15) is 0 Å². The van der Waals surface area contributed by atoms with Crippen LogP contribution in [0.2, 0.25) is 0 Å². The van der Waals surface area contributed by atoms with E-state index in [1.807, 2.05) is 0 Å². The molecule has 0 N–H and O–H groups in total. The Bertz CT molecular complexity index is 390. The van der Waals surface area contributed by atoms with Crippen LogP contribution >= 0.6 is 0 Å². The minimum atomic E-state index is -0.670. The van der Waals surface area contributed by atoms with Gasteiger partial charge < -0.3 is 9.64 Å². The smallest absolute Gasteiger partial charge is 0.397 e. The van der Waals surface area contributed by atoms with Gasteiger partial charge in [0.25, 0.3) is 0 Å². The third-order valence-corrected chi connectivity index (χ3v) is 5.76. The van der Waals surface area contributed by atoms with Crippen LogP contribution in [-0.4, -0.2) is 36.5 Å². The molecule has 0 fully saturated rings. The molecule has 0 rings (SSSR count). The first-order chi connectivity index (χ1) is 14.7. The van der Waals surface area contributed by atoms with E-state index in [0.29, 0.717) is 19.7 Å². The lowest BCUT2D eigenvalue weighted by molar-refractivity contribution is -0.160. The van der Waals surface area contributed by atoms with Gasteiger partial charge in [0.1, 0.15) is 0 Å². The number of carbonyl (C=O) groups is 2. The Morgan fingerprint density at radius 2 is 0.900 bits per heavy atom. The first-order valence-electron chi connectivity index (χ1n) is 13.1. The Kier molecular flexibility index (Phi) is 21.8. The highest BCUT2D eigenvalue weighted by atomic mass is 16.5. The molecular formula is C26H51NO3. The van der Waals surface area contributed by atoms with E-state index in [1.54, 1.807) is 4.90 Å². The Labute approximate surface area is 187 Å². The van der Waals surface area contributed by atoms with Crippen molar-refractivity contribution >= 4 is 11.9 Å². The van der Waals surface area contributed by atoms with Gasteiger partial charge in [-0.1, -0.05) is 117 Å². The number of amides is 1. The van der Waals surface area contributed by atoms with E-state index in [4.69, 9.17) is 4.74 Å². The lowest BCUT2D eigenvalue weighted by Gasteiger charge is -2.21. The minimum Gasteiger partial charge on any atom is -0.459 e. The lowest BCUT2D eigenvalue weighted by Crippen LogP contribution is -2.39. The van der Waals surface area contributed by atoms with Crippen molar-refractivity contribution in [2.24, 2.45) is 0 Å². The highest BCUT2D eigenvalue weighted by Gasteiger charge is 2.22. The van der Waals surface area contributed by atoms with Gasteiger partial charge in [-0.15, -0.1) is 0 Å². The molecule has 0 saturated carbocycles. The van der Waals surface area contributed by atoms with Crippen molar-refractivity contribution in [3.05, 3.63) is 0 Å². The highest BCUT2D eigenvalue weighted by molar-refractivity contribution is 6.32. The molecule has 0 unspecified atom stereocenters. The number of hydrogen-bond donors (Lipinski definition) is 0. The first-order valence-corrected chi connectivity index (χ1v) is 13.1. The topological polar surface area (TPSA) is 46.6 Å². The molecule has 0 aliphatic heterocycles. The average Bonchev–Trinajstić information content (AvgIpc) is 2.76. The van der Waals surface area contributed by atoms with Crippen molar-refractivity contribution < 1.29 is 14.3 Å². The van der Waals surface area contributed by atoms with Gasteiger partial charge in [0.2, 0.25) is 0 Å². The zero-order chi connectivity index (χ0) is 22.3. The molecule has 0 aromatic carbocycles. The van der Waals surface area contributed by atoms with Gasteiger partial charge in [-0.3, -0.25) is 4.79 Å². The average molecular weight is 426 g/mol. The number of carbonyl (C=O) groups excluding carboxylic acids is 2. The molecule has 0 spiro atoms. The molecule has 0 aliphatic rings. The molecule has 0 atom stereocenters. The van der Waals surface area contributed by atoms with Crippen LogP contribution in [0.25, 0.3) is 0 Å². The summed E-state index contributed by atoms with van der Waals surface area (Å²) >= 11 is 0. The molecule has 1 amide bonds. The molecule has 0 radical (unpaired) electrons. The van der Waals surface area contributed by atoms with Gasteiger partial charge in [0, 0.05) is 13.1 Å². The van der Waals surface area contributed by atoms with Crippen LogP contribution in [0.1, 0.15) is 136 Å². The third-order valence-electron chi connectivity index (χ3n) is 5.76. The molecule has 0 saturated heterocycles. The van der Waals surface area contributed by atoms with E-state index in [-0.39, 0.29) is 0 Å². The first kappa shape index (κ1) is 28.9. The maximum Gasteiger partial charge on any atom is 0.397 e. The molecule has 4 nitrogen and oxygen atoms in total.